The zero-order valence-corrected chi connectivity index (χ0v) is 16.0. The molecule has 2 aromatic carbocycles. The second-order valence-electron chi connectivity index (χ2n) is 6.16. The molecule has 2 aromatic rings. The van der Waals surface area contributed by atoms with Crippen LogP contribution in [0.3, 0.4) is 0 Å². The van der Waals surface area contributed by atoms with E-state index in [9.17, 15) is 18.0 Å². The first-order valence-corrected chi connectivity index (χ1v) is 10.1. The van der Waals surface area contributed by atoms with Gasteiger partial charge in [-0.25, -0.2) is 8.42 Å². The molecule has 0 saturated heterocycles. The van der Waals surface area contributed by atoms with E-state index in [4.69, 9.17) is 0 Å². The molecule has 8 heteroatoms. The van der Waals surface area contributed by atoms with E-state index in [1.54, 1.807) is 32.0 Å². The maximum atomic E-state index is 12.5. The summed E-state index contributed by atoms with van der Waals surface area (Å²) >= 11 is 0. The Morgan fingerprint density at radius 2 is 1.78 bits per heavy atom. The first kappa shape index (κ1) is 19.1. The predicted octanol–water partition coefficient (Wildman–Crippen LogP) is 2.46. The van der Waals surface area contributed by atoms with Crippen molar-refractivity contribution in [2.75, 3.05) is 23.7 Å². The third-order valence-corrected chi connectivity index (χ3v) is 6.51. The van der Waals surface area contributed by atoms with Crippen molar-refractivity contribution in [2.24, 2.45) is 0 Å². The Kier molecular flexibility index (Phi) is 5.29. The molecule has 0 saturated carbocycles. The van der Waals surface area contributed by atoms with Gasteiger partial charge < -0.3 is 10.6 Å². The van der Waals surface area contributed by atoms with Crippen LogP contribution >= 0.6 is 0 Å². The van der Waals surface area contributed by atoms with Gasteiger partial charge in [0.15, 0.2) is 0 Å². The minimum absolute atomic E-state index is 0.0709. The van der Waals surface area contributed by atoms with Crippen molar-refractivity contribution in [3.8, 4) is 0 Å². The number of nitrogens with zero attached hydrogens (tertiary/aromatic N) is 1. The number of nitrogens with one attached hydrogen (secondary N) is 2. The van der Waals surface area contributed by atoms with Gasteiger partial charge >= 0.3 is 0 Å². The van der Waals surface area contributed by atoms with Crippen LogP contribution in [0.15, 0.2) is 47.4 Å². The maximum Gasteiger partial charge on any atom is 0.255 e. The summed E-state index contributed by atoms with van der Waals surface area (Å²) in [6.07, 6.45) is 0.289. The number of hydrogen-bond donors (Lipinski definition) is 2. The zero-order valence-electron chi connectivity index (χ0n) is 15.2. The number of carbonyl (C=O) groups excluding carboxylic acids is 2. The molecule has 2 N–H and O–H groups in total. The standard InChI is InChI=1S/C19H21N3O4S/c1-3-22(4-2)27(25,26)16-8-5-13(6-9-16)19(24)20-15-7-10-17-14(11-15)12-18(23)21-17/h5-11H,3-4,12H2,1-2H3,(H,20,24)(H,21,23). The van der Waals surface area contributed by atoms with Crippen LogP contribution in [0.25, 0.3) is 0 Å². The second kappa shape index (κ2) is 7.50. The highest BCUT2D eigenvalue weighted by molar-refractivity contribution is 7.89. The summed E-state index contributed by atoms with van der Waals surface area (Å²) in [6.45, 7) is 4.33. The first-order chi connectivity index (χ1) is 12.8. The first-order valence-electron chi connectivity index (χ1n) is 8.69. The van der Waals surface area contributed by atoms with Gasteiger partial charge in [-0.2, -0.15) is 4.31 Å². The summed E-state index contributed by atoms with van der Waals surface area (Å²) in [5, 5.41) is 5.50. The number of rotatable bonds is 6. The minimum Gasteiger partial charge on any atom is -0.326 e. The monoisotopic (exact) mass is 387 g/mol. The van der Waals surface area contributed by atoms with Crippen LogP contribution in [0.4, 0.5) is 11.4 Å². The molecule has 0 fully saturated rings. The Labute approximate surface area is 158 Å². The van der Waals surface area contributed by atoms with Gasteiger partial charge in [-0.15, -0.1) is 0 Å². The average molecular weight is 387 g/mol. The molecule has 1 aliphatic heterocycles. The molecule has 0 unspecified atom stereocenters. The quantitative estimate of drug-likeness (QED) is 0.796. The Morgan fingerprint density at radius 3 is 2.41 bits per heavy atom. The smallest absolute Gasteiger partial charge is 0.255 e. The average Bonchev–Trinajstić information content (AvgIpc) is 3.02. The van der Waals surface area contributed by atoms with Crippen molar-refractivity contribution in [3.63, 3.8) is 0 Å². The van der Waals surface area contributed by atoms with Crippen molar-refractivity contribution in [3.05, 3.63) is 53.6 Å². The van der Waals surface area contributed by atoms with Crippen molar-refractivity contribution in [2.45, 2.75) is 25.2 Å². The highest BCUT2D eigenvalue weighted by Gasteiger charge is 2.22. The number of sulfonamides is 1. The Hall–Kier alpha value is -2.71. The minimum atomic E-state index is -3.55. The molecular formula is C19H21N3O4S. The summed E-state index contributed by atoms with van der Waals surface area (Å²) in [5.74, 6) is -0.419. The van der Waals surface area contributed by atoms with Crippen LogP contribution < -0.4 is 10.6 Å². The summed E-state index contributed by atoms with van der Waals surface area (Å²) in [7, 11) is -3.55. The fourth-order valence-corrected chi connectivity index (χ4v) is 4.46. The molecule has 0 atom stereocenters. The lowest BCUT2D eigenvalue weighted by Gasteiger charge is -2.18. The van der Waals surface area contributed by atoms with E-state index in [1.807, 2.05) is 0 Å². The van der Waals surface area contributed by atoms with Crippen LogP contribution in [-0.4, -0.2) is 37.6 Å². The Morgan fingerprint density at radius 1 is 1.11 bits per heavy atom. The molecule has 0 bridgehead atoms. The van der Waals surface area contributed by atoms with E-state index < -0.39 is 10.0 Å². The third-order valence-electron chi connectivity index (χ3n) is 4.45. The molecule has 0 radical (unpaired) electrons. The van der Waals surface area contributed by atoms with E-state index >= 15 is 0 Å². The molecule has 3 rings (SSSR count). The number of amides is 2. The Balaban J connectivity index is 1.75. The van der Waals surface area contributed by atoms with Gasteiger partial charge in [0.05, 0.1) is 11.3 Å². The molecule has 1 heterocycles. The van der Waals surface area contributed by atoms with Crippen molar-refractivity contribution < 1.29 is 18.0 Å². The molecule has 1 aliphatic rings. The van der Waals surface area contributed by atoms with Gasteiger partial charge in [-0.05, 0) is 48.0 Å². The fraction of sp³-hybridized carbons (Fsp3) is 0.263. The van der Waals surface area contributed by atoms with Gasteiger partial charge in [-0.1, -0.05) is 13.8 Å². The van der Waals surface area contributed by atoms with Gasteiger partial charge in [0.1, 0.15) is 0 Å². The molecule has 2 amide bonds. The third kappa shape index (κ3) is 3.86. The van der Waals surface area contributed by atoms with Gasteiger partial charge in [0.25, 0.3) is 5.91 Å². The summed E-state index contributed by atoms with van der Waals surface area (Å²) in [4.78, 5) is 24.0. The molecular weight excluding hydrogens is 366 g/mol. The van der Waals surface area contributed by atoms with E-state index in [0.29, 0.717) is 24.3 Å². The fourth-order valence-electron chi connectivity index (χ4n) is 3.00. The van der Waals surface area contributed by atoms with Crippen LogP contribution in [0.2, 0.25) is 0 Å². The number of benzene rings is 2. The normalized spacial score (nSPS) is 13.4. The number of anilines is 2. The lowest BCUT2D eigenvalue weighted by Crippen LogP contribution is -2.30. The van der Waals surface area contributed by atoms with E-state index in [2.05, 4.69) is 10.6 Å². The van der Waals surface area contributed by atoms with Gasteiger partial charge in [-0.3, -0.25) is 9.59 Å². The van der Waals surface area contributed by atoms with E-state index in [1.165, 1.54) is 28.6 Å². The molecule has 142 valence electrons. The lowest BCUT2D eigenvalue weighted by atomic mass is 10.1. The van der Waals surface area contributed by atoms with Crippen LogP contribution in [0.1, 0.15) is 29.8 Å². The molecule has 7 nitrogen and oxygen atoms in total. The molecule has 0 aliphatic carbocycles. The van der Waals surface area contributed by atoms with E-state index in [-0.39, 0.29) is 23.1 Å². The number of carbonyl (C=O) groups is 2. The molecule has 27 heavy (non-hydrogen) atoms. The number of fused-ring (bicyclic) bond motifs is 1. The van der Waals surface area contributed by atoms with Gasteiger partial charge in [0.2, 0.25) is 15.9 Å². The summed E-state index contributed by atoms with van der Waals surface area (Å²) in [5.41, 5.74) is 2.51. The Bertz CT molecular complexity index is 981. The van der Waals surface area contributed by atoms with Crippen molar-refractivity contribution in [1.82, 2.24) is 4.31 Å². The largest absolute Gasteiger partial charge is 0.326 e. The predicted molar refractivity (Wildman–Crippen MR) is 103 cm³/mol. The molecule has 0 spiro atoms. The SMILES string of the molecule is CCN(CC)S(=O)(=O)c1ccc(C(=O)Nc2ccc3c(c2)CC(=O)N3)cc1. The van der Waals surface area contributed by atoms with E-state index in [0.717, 1.165) is 11.3 Å². The lowest BCUT2D eigenvalue weighted by molar-refractivity contribution is -0.115. The highest BCUT2D eigenvalue weighted by atomic mass is 32.2. The molecule has 0 aromatic heterocycles. The van der Waals surface area contributed by atoms with Crippen LogP contribution in [0, 0.1) is 0 Å². The number of hydrogen-bond acceptors (Lipinski definition) is 4. The maximum absolute atomic E-state index is 12.5. The summed E-state index contributed by atoms with van der Waals surface area (Å²) < 4.78 is 26.3. The topological polar surface area (TPSA) is 95.6 Å². The highest BCUT2D eigenvalue weighted by Crippen LogP contribution is 2.26. The van der Waals surface area contributed by atoms with Crippen molar-refractivity contribution >= 4 is 33.2 Å². The van der Waals surface area contributed by atoms with Crippen molar-refractivity contribution in [1.29, 1.82) is 0 Å². The zero-order chi connectivity index (χ0) is 19.6. The summed E-state index contributed by atoms with van der Waals surface area (Å²) in [6, 6.07) is 11.1. The van der Waals surface area contributed by atoms with Crippen LogP contribution in [0.5, 0.6) is 0 Å². The van der Waals surface area contributed by atoms with Gasteiger partial charge in [0, 0.05) is 30.0 Å². The van der Waals surface area contributed by atoms with Crippen LogP contribution in [-0.2, 0) is 21.2 Å². The second-order valence-corrected chi connectivity index (χ2v) is 8.10.